The third kappa shape index (κ3) is 0.887. The number of ether oxygens (including phenoxy) is 1. The predicted molar refractivity (Wildman–Crippen MR) is 38.7 cm³/mol. The highest BCUT2D eigenvalue weighted by Crippen LogP contribution is 2.16. The molecule has 60 valence electrons. The molecule has 1 aromatic heterocycles. The summed E-state index contributed by atoms with van der Waals surface area (Å²) in [5, 5.41) is 0. The molecule has 0 saturated carbocycles. The molecule has 1 aliphatic heterocycles. The van der Waals surface area contributed by atoms with Crippen LogP contribution in [0.5, 0.6) is 0 Å². The van der Waals surface area contributed by atoms with Crippen LogP contribution in [0.25, 0.3) is 0 Å². The molecule has 0 bridgehead atoms. The molecule has 0 aromatic carbocycles. The summed E-state index contributed by atoms with van der Waals surface area (Å²) in [5.74, 6) is -0.366. The van der Waals surface area contributed by atoms with Crippen molar-refractivity contribution in [2.45, 2.75) is 6.61 Å². The van der Waals surface area contributed by atoms with Gasteiger partial charge in [-0.1, -0.05) is 0 Å². The summed E-state index contributed by atoms with van der Waals surface area (Å²) in [6, 6.07) is 3.06. The standard InChI is InChI=1S/C8H5NO3/c10-3-5-1-2-6-7(9-5)4-12-8(6)11/h1-3H,4H2. The van der Waals surface area contributed by atoms with E-state index in [1.165, 1.54) is 6.07 Å². The second-order valence-corrected chi connectivity index (χ2v) is 2.42. The lowest BCUT2D eigenvalue weighted by Gasteiger charge is -1.92. The monoisotopic (exact) mass is 163 g/mol. The number of hydrogen-bond donors (Lipinski definition) is 0. The van der Waals surface area contributed by atoms with Crippen LogP contribution in [0.3, 0.4) is 0 Å². The quantitative estimate of drug-likeness (QED) is 0.448. The minimum absolute atomic E-state index is 0.176. The molecule has 0 unspecified atom stereocenters. The average molecular weight is 163 g/mol. The van der Waals surface area contributed by atoms with Gasteiger partial charge in [0, 0.05) is 0 Å². The van der Waals surface area contributed by atoms with E-state index in [9.17, 15) is 9.59 Å². The van der Waals surface area contributed by atoms with Crippen molar-refractivity contribution in [3.05, 3.63) is 29.1 Å². The van der Waals surface area contributed by atoms with Gasteiger partial charge in [0.2, 0.25) is 0 Å². The molecule has 0 aliphatic carbocycles. The maximum atomic E-state index is 10.9. The lowest BCUT2D eigenvalue weighted by molar-refractivity contribution is 0.0533. The highest BCUT2D eigenvalue weighted by atomic mass is 16.5. The number of fused-ring (bicyclic) bond motifs is 1. The van der Waals surface area contributed by atoms with Gasteiger partial charge in [-0.25, -0.2) is 9.78 Å². The third-order valence-electron chi connectivity index (χ3n) is 1.68. The smallest absolute Gasteiger partial charge is 0.340 e. The number of rotatable bonds is 1. The summed E-state index contributed by atoms with van der Waals surface area (Å²) in [7, 11) is 0. The fraction of sp³-hybridized carbons (Fsp3) is 0.125. The van der Waals surface area contributed by atoms with Gasteiger partial charge in [-0.3, -0.25) is 4.79 Å². The Balaban J connectivity index is 2.55. The Labute approximate surface area is 68.2 Å². The molecule has 0 spiro atoms. The largest absolute Gasteiger partial charge is 0.456 e. The molecule has 0 fully saturated rings. The second-order valence-electron chi connectivity index (χ2n) is 2.42. The molecule has 2 rings (SSSR count). The maximum absolute atomic E-state index is 10.9. The molecule has 12 heavy (non-hydrogen) atoms. The first-order valence-corrected chi connectivity index (χ1v) is 3.43. The van der Waals surface area contributed by atoms with Crippen LogP contribution in [0.4, 0.5) is 0 Å². The number of carbonyl (C=O) groups excluding carboxylic acids is 2. The van der Waals surface area contributed by atoms with Crippen LogP contribution in [0.2, 0.25) is 0 Å². The van der Waals surface area contributed by atoms with E-state index in [-0.39, 0.29) is 12.6 Å². The van der Waals surface area contributed by atoms with E-state index in [0.29, 0.717) is 23.2 Å². The van der Waals surface area contributed by atoms with Crippen molar-refractivity contribution in [2.24, 2.45) is 0 Å². The molecule has 4 nitrogen and oxygen atoms in total. The zero-order chi connectivity index (χ0) is 8.55. The Morgan fingerprint density at radius 2 is 2.33 bits per heavy atom. The van der Waals surface area contributed by atoms with Crippen molar-refractivity contribution >= 4 is 12.3 Å². The van der Waals surface area contributed by atoms with Gasteiger partial charge < -0.3 is 4.74 Å². The van der Waals surface area contributed by atoms with Gasteiger partial charge in [-0.15, -0.1) is 0 Å². The molecule has 0 amide bonds. The Kier molecular flexibility index (Phi) is 1.40. The van der Waals surface area contributed by atoms with Crippen LogP contribution in [-0.2, 0) is 11.3 Å². The number of pyridine rings is 1. The fourth-order valence-corrected chi connectivity index (χ4v) is 1.09. The minimum Gasteiger partial charge on any atom is -0.456 e. The Hall–Kier alpha value is -1.71. The van der Waals surface area contributed by atoms with E-state index in [1.807, 2.05) is 0 Å². The Bertz CT molecular complexity index is 359. The highest BCUT2D eigenvalue weighted by Gasteiger charge is 2.22. The van der Waals surface area contributed by atoms with Gasteiger partial charge in [-0.05, 0) is 12.1 Å². The van der Waals surface area contributed by atoms with Crippen LogP contribution in [-0.4, -0.2) is 17.2 Å². The average Bonchev–Trinajstić information content (AvgIpc) is 2.47. The molecule has 0 radical (unpaired) electrons. The molecule has 1 aliphatic rings. The molecule has 2 heterocycles. The summed E-state index contributed by atoms with van der Waals surface area (Å²) >= 11 is 0. The molecule has 0 atom stereocenters. The first kappa shape index (κ1) is 6.97. The van der Waals surface area contributed by atoms with Gasteiger partial charge in [0.05, 0.1) is 11.3 Å². The number of carbonyl (C=O) groups is 2. The van der Waals surface area contributed by atoms with Crippen LogP contribution in [0.1, 0.15) is 26.5 Å². The van der Waals surface area contributed by atoms with Crippen molar-refractivity contribution in [3.63, 3.8) is 0 Å². The number of hydrogen-bond acceptors (Lipinski definition) is 4. The lowest BCUT2D eigenvalue weighted by Crippen LogP contribution is -1.96. The molecular weight excluding hydrogens is 158 g/mol. The summed E-state index contributed by atoms with van der Waals surface area (Å²) in [4.78, 5) is 25.1. The van der Waals surface area contributed by atoms with Crippen molar-refractivity contribution in [3.8, 4) is 0 Å². The molecule has 0 saturated heterocycles. The van der Waals surface area contributed by atoms with E-state index in [4.69, 9.17) is 4.74 Å². The topological polar surface area (TPSA) is 56.3 Å². The zero-order valence-corrected chi connectivity index (χ0v) is 6.11. The first-order valence-electron chi connectivity index (χ1n) is 3.43. The maximum Gasteiger partial charge on any atom is 0.340 e. The molecular formula is C8H5NO3. The minimum atomic E-state index is -0.366. The van der Waals surface area contributed by atoms with Gasteiger partial charge in [0.15, 0.2) is 6.29 Å². The zero-order valence-electron chi connectivity index (χ0n) is 6.11. The van der Waals surface area contributed by atoms with Gasteiger partial charge >= 0.3 is 5.97 Å². The van der Waals surface area contributed by atoms with Gasteiger partial charge in [0.1, 0.15) is 12.3 Å². The fourth-order valence-electron chi connectivity index (χ4n) is 1.09. The van der Waals surface area contributed by atoms with E-state index >= 15 is 0 Å². The van der Waals surface area contributed by atoms with Crippen LogP contribution >= 0.6 is 0 Å². The molecule has 1 aromatic rings. The first-order chi connectivity index (χ1) is 5.81. The van der Waals surface area contributed by atoms with E-state index < -0.39 is 0 Å². The van der Waals surface area contributed by atoms with E-state index in [2.05, 4.69) is 4.98 Å². The number of aldehydes is 1. The Morgan fingerprint density at radius 1 is 1.50 bits per heavy atom. The summed E-state index contributed by atoms with van der Waals surface area (Å²) in [5.41, 5.74) is 1.33. The summed E-state index contributed by atoms with van der Waals surface area (Å²) < 4.78 is 4.71. The Morgan fingerprint density at radius 3 is 3.08 bits per heavy atom. The van der Waals surface area contributed by atoms with E-state index in [1.54, 1.807) is 6.07 Å². The van der Waals surface area contributed by atoms with Gasteiger partial charge in [0.25, 0.3) is 0 Å². The number of cyclic esters (lactones) is 1. The van der Waals surface area contributed by atoms with Crippen molar-refractivity contribution in [1.29, 1.82) is 0 Å². The molecule has 0 N–H and O–H groups in total. The SMILES string of the molecule is O=Cc1ccc2c(n1)COC2=O. The van der Waals surface area contributed by atoms with E-state index in [0.717, 1.165) is 0 Å². The second kappa shape index (κ2) is 2.41. The van der Waals surface area contributed by atoms with Crippen molar-refractivity contribution < 1.29 is 14.3 Å². The lowest BCUT2D eigenvalue weighted by atomic mass is 10.2. The molecule has 4 heteroatoms. The third-order valence-corrected chi connectivity index (χ3v) is 1.68. The van der Waals surface area contributed by atoms with Crippen LogP contribution in [0.15, 0.2) is 12.1 Å². The predicted octanol–water partition coefficient (Wildman–Crippen LogP) is 0.565. The number of aromatic nitrogens is 1. The normalized spacial score (nSPS) is 13.8. The van der Waals surface area contributed by atoms with Crippen molar-refractivity contribution in [1.82, 2.24) is 4.98 Å². The number of nitrogens with zero attached hydrogens (tertiary/aromatic N) is 1. The number of esters is 1. The highest BCUT2D eigenvalue weighted by molar-refractivity contribution is 5.93. The van der Waals surface area contributed by atoms with Crippen LogP contribution < -0.4 is 0 Å². The van der Waals surface area contributed by atoms with Crippen LogP contribution in [0, 0.1) is 0 Å². The van der Waals surface area contributed by atoms with Gasteiger partial charge in [-0.2, -0.15) is 0 Å². The van der Waals surface area contributed by atoms with Crippen molar-refractivity contribution in [2.75, 3.05) is 0 Å². The summed E-state index contributed by atoms with van der Waals surface area (Å²) in [6.07, 6.45) is 0.642. The summed E-state index contributed by atoms with van der Waals surface area (Å²) in [6.45, 7) is 0.176.